The minimum Gasteiger partial charge on any atom is -0.497 e. The molecule has 0 aromatic heterocycles. The lowest BCUT2D eigenvalue weighted by Gasteiger charge is -2.40. The van der Waals surface area contributed by atoms with E-state index < -0.39 is 0 Å². The fraction of sp³-hybridized carbons (Fsp3) is 0.625. The van der Waals surface area contributed by atoms with Gasteiger partial charge in [-0.1, -0.05) is 32.4 Å². The van der Waals surface area contributed by atoms with Crippen molar-refractivity contribution in [2.24, 2.45) is 5.92 Å². The van der Waals surface area contributed by atoms with Crippen molar-refractivity contribution in [2.45, 2.75) is 45.1 Å². The lowest BCUT2D eigenvalue weighted by Crippen LogP contribution is -2.46. The number of methoxy groups -OCH3 is 1. The monoisotopic (exact) mass is 247 g/mol. The predicted octanol–water partition coefficient (Wildman–Crippen LogP) is 3.71. The van der Waals surface area contributed by atoms with Crippen LogP contribution in [0.25, 0.3) is 0 Å². The fourth-order valence-electron chi connectivity index (χ4n) is 3.11. The summed E-state index contributed by atoms with van der Waals surface area (Å²) in [5.41, 5.74) is 1.59. The second-order valence-corrected chi connectivity index (χ2v) is 5.79. The first kappa shape index (κ1) is 13.4. The number of piperidine rings is 1. The Morgan fingerprint density at radius 2 is 1.94 bits per heavy atom. The van der Waals surface area contributed by atoms with Gasteiger partial charge in [-0.15, -0.1) is 0 Å². The second kappa shape index (κ2) is 5.75. The largest absolute Gasteiger partial charge is 0.497 e. The average molecular weight is 247 g/mol. The van der Waals surface area contributed by atoms with Crippen LogP contribution in [0.2, 0.25) is 0 Å². The van der Waals surface area contributed by atoms with Gasteiger partial charge in [0.2, 0.25) is 0 Å². The first-order chi connectivity index (χ1) is 8.66. The van der Waals surface area contributed by atoms with Gasteiger partial charge in [0.1, 0.15) is 5.75 Å². The molecular weight excluding hydrogens is 222 g/mol. The molecule has 2 heteroatoms. The Kier molecular flexibility index (Phi) is 4.28. The lowest BCUT2D eigenvalue weighted by atomic mass is 9.76. The molecule has 1 fully saturated rings. The number of hydrogen-bond donors (Lipinski definition) is 1. The van der Waals surface area contributed by atoms with Gasteiger partial charge in [-0.3, -0.25) is 0 Å². The molecule has 2 nitrogen and oxygen atoms in total. The third kappa shape index (κ3) is 2.86. The highest BCUT2D eigenvalue weighted by Gasteiger charge is 2.33. The van der Waals surface area contributed by atoms with Gasteiger partial charge in [0, 0.05) is 5.54 Å². The van der Waals surface area contributed by atoms with Crippen molar-refractivity contribution in [2.75, 3.05) is 13.7 Å². The molecule has 1 heterocycles. The van der Waals surface area contributed by atoms with E-state index in [1.165, 1.54) is 31.2 Å². The molecule has 1 aromatic carbocycles. The van der Waals surface area contributed by atoms with E-state index in [4.69, 9.17) is 4.74 Å². The topological polar surface area (TPSA) is 21.3 Å². The van der Waals surface area contributed by atoms with E-state index >= 15 is 0 Å². The number of benzene rings is 1. The minimum atomic E-state index is 0.179. The Morgan fingerprint density at radius 3 is 2.44 bits per heavy atom. The highest BCUT2D eigenvalue weighted by molar-refractivity contribution is 5.32. The zero-order valence-corrected chi connectivity index (χ0v) is 11.8. The summed E-state index contributed by atoms with van der Waals surface area (Å²) < 4.78 is 5.25. The van der Waals surface area contributed by atoms with E-state index in [-0.39, 0.29) is 5.54 Å². The van der Waals surface area contributed by atoms with Crippen LogP contribution in [0.15, 0.2) is 24.3 Å². The van der Waals surface area contributed by atoms with Crippen molar-refractivity contribution >= 4 is 0 Å². The van der Waals surface area contributed by atoms with Gasteiger partial charge in [-0.05, 0) is 49.4 Å². The smallest absolute Gasteiger partial charge is 0.118 e. The van der Waals surface area contributed by atoms with Gasteiger partial charge in [0.15, 0.2) is 0 Å². The minimum absolute atomic E-state index is 0.179. The van der Waals surface area contributed by atoms with Crippen LogP contribution >= 0.6 is 0 Å². The molecule has 0 spiro atoms. The standard InChI is InChI=1S/C16H25NO/c1-13(2)12-16(10-4-5-11-17-16)14-6-8-15(18-3)9-7-14/h6-9,13,17H,4-5,10-12H2,1-3H3. The Morgan fingerprint density at radius 1 is 1.22 bits per heavy atom. The molecule has 2 rings (SSSR count). The van der Waals surface area contributed by atoms with Crippen LogP contribution in [0.4, 0.5) is 0 Å². The molecule has 1 aliphatic rings. The van der Waals surface area contributed by atoms with E-state index in [9.17, 15) is 0 Å². The van der Waals surface area contributed by atoms with Crippen LogP contribution in [0, 0.1) is 5.92 Å². The predicted molar refractivity (Wildman–Crippen MR) is 76.0 cm³/mol. The molecule has 1 N–H and O–H groups in total. The summed E-state index contributed by atoms with van der Waals surface area (Å²) in [7, 11) is 1.72. The maximum atomic E-state index is 5.25. The van der Waals surface area contributed by atoms with E-state index in [1.54, 1.807) is 7.11 Å². The summed E-state index contributed by atoms with van der Waals surface area (Å²) in [5, 5.41) is 3.78. The normalized spacial score (nSPS) is 24.2. The highest BCUT2D eigenvalue weighted by Crippen LogP contribution is 2.36. The second-order valence-electron chi connectivity index (χ2n) is 5.79. The van der Waals surface area contributed by atoms with Crippen LogP contribution in [0.1, 0.15) is 45.1 Å². The van der Waals surface area contributed by atoms with Crippen LogP contribution in [0.3, 0.4) is 0 Å². The summed E-state index contributed by atoms with van der Waals surface area (Å²) in [4.78, 5) is 0. The Balaban J connectivity index is 2.26. The summed E-state index contributed by atoms with van der Waals surface area (Å²) in [6.45, 7) is 5.75. The number of nitrogens with one attached hydrogen (secondary N) is 1. The Bertz CT molecular complexity index is 363. The van der Waals surface area contributed by atoms with Crippen LogP contribution < -0.4 is 10.1 Å². The quantitative estimate of drug-likeness (QED) is 0.875. The summed E-state index contributed by atoms with van der Waals surface area (Å²) in [6.07, 6.45) is 5.08. The molecule has 1 atom stereocenters. The average Bonchev–Trinajstić information content (AvgIpc) is 2.39. The van der Waals surface area contributed by atoms with Crippen molar-refractivity contribution < 1.29 is 4.74 Å². The SMILES string of the molecule is COc1ccc(C2(CC(C)C)CCCCN2)cc1. The van der Waals surface area contributed by atoms with Gasteiger partial charge in [-0.25, -0.2) is 0 Å². The van der Waals surface area contributed by atoms with Crippen molar-refractivity contribution in [1.82, 2.24) is 5.32 Å². The molecule has 1 aromatic rings. The molecule has 0 radical (unpaired) electrons. The maximum Gasteiger partial charge on any atom is 0.118 e. The number of hydrogen-bond acceptors (Lipinski definition) is 2. The van der Waals surface area contributed by atoms with Gasteiger partial charge in [0.25, 0.3) is 0 Å². The molecule has 0 aliphatic carbocycles. The third-order valence-electron chi connectivity index (χ3n) is 3.89. The van der Waals surface area contributed by atoms with E-state index in [1.807, 2.05) is 0 Å². The molecule has 1 unspecified atom stereocenters. The van der Waals surface area contributed by atoms with E-state index in [2.05, 4.69) is 43.4 Å². The van der Waals surface area contributed by atoms with Gasteiger partial charge in [-0.2, -0.15) is 0 Å². The lowest BCUT2D eigenvalue weighted by molar-refractivity contribution is 0.214. The molecule has 0 saturated carbocycles. The number of ether oxygens (including phenoxy) is 1. The van der Waals surface area contributed by atoms with Gasteiger partial charge >= 0.3 is 0 Å². The summed E-state index contributed by atoms with van der Waals surface area (Å²) >= 11 is 0. The molecule has 0 amide bonds. The van der Waals surface area contributed by atoms with Gasteiger partial charge in [0.05, 0.1) is 7.11 Å². The number of rotatable bonds is 4. The first-order valence-corrected chi connectivity index (χ1v) is 7.06. The zero-order valence-electron chi connectivity index (χ0n) is 11.8. The third-order valence-corrected chi connectivity index (χ3v) is 3.89. The fourth-order valence-corrected chi connectivity index (χ4v) is 3.11. The molecule has 1 saturated heterocycles. The van der Waals surface area contributed by atoms with Crippen LogP contribution in [0.5, 0.6) is 5.75 Å². The maximum absolute atomic E-state index is 5.25. The molecular formula is C16H25NO. The van der Waals surface area contributed by atoms with E-state index in [0.29, 0.717) is 5.92 Å². The zero-order chi connectivity index (χ0) is 13.0. The Labute approximate surface area is 111 Å². The molecule has 18 heavy (non-hydrogen) atoms. The first-order valence-electron chi connectivity index (χ1n) is 7.06. The summed E-state index contributed by atoms with van der Waals surface area (Å²) in [6, 6.07) is 8.60. The van der Waals surface area contributed by atoms with Crippen molar-refractivity contribution in [1.29, 1.82) is 0 Å². The highest BCUT2D eigenvalue weighted by atomic mass is 16.5. The van der Waals surface area contributed by atoms with E-state index in [0.717, 1.165) is 12.3 Å². The summed E-state index contributed by atoms with van der Waals surface area (Å²) in [5.74, 6) is 1.65. The van der Waals surface area contributed by atoms with Crippen molar-refractivity contribution in [3.8, 4) is 5.75 Å². The van der Waals surface area contributed by atoms with Crippen LogP contribution in [-0.4, -0.2) is 13.7 Å². The van der Waals surface area contributed by atoms with Gasteiger partial charge < -0.3 is 10.1 Å². The van der Waals surface area contributed by atoms with Crippen molar-refractivity contribution in [3.05, 3.63) is 29.8 Å². The molecule has 0 bridgehead atoms. The Hall–Kier alpha value is -1.02. The van der Waals surface area contributed by atoms with Crippen molar-refractivity contribution in [3.63, 3.8) is 0 Å². The molecule has 100 valence electrons. The molecule has 1 aliphatic heterocycles. The van der Waals surface area contributed by atoms with Crippen LogP contribution in [-0.2, 0) is 5.54 Å².